The number of halogens is 3. The summed E-state index contributed by atoms with van der Waals surface area (Å²) in [5, 5.41) is 18.2. The number of nitrogens with one attached hydrogen (secondary N) is 2. The molecule has 7 heteroatoms. The first-order valence-electron chi connectivity index (χ1n) is 8.82. The lowest BCUT2D eigenvalue weighted by Gasteiger charge is -2.13. The first kappa shape index (κ1) is 19.5. The molecule has 4 nitrogen and oxygen atoms in total. The molecule has 0 aliphatic heterocycles. The Bertz CT molecular complexity index is 1200. The van der Waals surface area contributed by atoms with Gasteiger partial charge in [-0.2, -0.15) is 0 Å². The SMILES string of the molecule is Oc1cc(Nc2ccnc3cc(Cl)ccc23)ccc1CNc1ccc(Br)cc1F. The van der Waals surface area contributed by atoms with Crippen molar-refractivity contribution >= 4 is 55.5 Å². The third-order valence-corrected chi connectivity index (χ3v) is 5.20. The molecular weight excluding hydrogens is 457 g/mol. The summed E-state index contributed by atoms with van der Waals surface area (Å²) in [6.45, 7) is 0.293. The minimum absolute atomic E-state index is 0.112. The van der Waals surface area contributed by atoms with E-state index < -0.39 is 0 Å². The summed E-state index contributed by atoms with van der Waals surface area (Å²) < 4.78 is 14.6. The Labute approximate surface area is 180 Å². The summed E-state index contributed by atoms with van der Waals surface area (Å²) in [6.07, 6.45) is 1.70. The molecular formula is C22H16BrClFN3O. The van der Waals surface area contributed by atoms with E-state index in [0.29, 0.717) is 27.3 Å². The number of aromatic nitrogens is 1. The number of pyridine rings is 1. The fraction of sp³-hybridized carbons (Fsp3) is 0.0455. The van der Waals surface area contributed by atoms with Crippen LogP contribution in [0.4, 0.5) is 21.5 Å². The van der Waals surface area contributed by atoms with Crippen LogP contribution < -0.4 is 10.6 Å². The van der Waals surface area contributed by atoms with E-state index in [0.717, 1.165) is 22.3 Å². The van der Waals surface area contributed by atoms with Gasteiger partial charge in [0.1, 0.15) is 11.6 Å². The summed E-state index contributed by atoms with van der Waals surface area (Å²) in [5.74, 6) is -0.247. The van der Waals surface area contributed by atoms with Crippen LogP contribution in [0.2, 0.25) is 5.02 Å². The number of phenols is 1. The van der Waals surface area contributed by atoms with Gasteiger partial charge >= 0.3 is 0 Å². The zero-order valence-electron chi connectivity index (χ0n) is 15.1. The normalized spacial score (nSPS) is 10.9. The molecule has 4 aromatic rings. The number of hydrogen-bond acceptors (Lipinski definition) is 4. The van der Waals surface area contributed by atoms with E-state index in [-0.39, 0.29) is 11.6 Å². The minimum Gasteiger partial charge on any atom is -0.508 e. The average molecular weight is 473 g/mol. The third kappa shape index (κ3) is 4.44. The molecule has 4 rings (SSSR count). The molecule has 0 bridgehead atoms. The lowest BCUT2D eigenvalue weighted by Crippen LogP contribution is -2.02. The molecule has 0 radical (unpaired) electrons. The van der Waals surface area contributed by atoms with E-state index in [4.69, 9.17) is 11.6 Å². The van der Waals surface area contributed by atoms with Crippen molar-refractivity contribution in [2.45, 2.75) is 6.54 Å². The molecule has 0 saturated heterocycles. The van der Waals surface area contributed by atoms with E-state index in [1.54, 1.807) is 36.5 Å². The summed E-state index contributed by atoms with van der Waals surface area (Å²) in [6, 6.07) is 17.4. The van der Waals surface area contributed by atoms with Crippen LogP contribution >= 0.6 is 27.5 Å². The van der Waals surface area contributed by atoms with Gasteiger partial charge in [-0.1, -0.05) is 33.6 Å². The van der Waals surface area contributed by atoms with Crippen LogP contribution in [0.15, 0.2) is 71.3 Å². The van der Waals surface area contributed by atoms with Crippen LogP contribution in [0, 0.1) is 5.82 Å². The van der Waals surface area contributed by atoms with Crippen LogP contribution in [0.5, 0.6) is 5.75 Å². The Morgan fingerprint density at radius 3 is 2.66 bits per heavy atom. The van der Waals surface area contributed by atoms with Crippen molar-refractivity contribution in [1.82, 2.24) is 4.98 Å². The second-order valence-electron chi connectivity index (χ2n) is 6.47. The van der Waals surface area contributed by atoms with Gasteiger partial charge in [-0.15, -0.1) is 0 Å². The first-order valence-corrected chi connectivity index (χ1v) is 9.99. The van der Waals surface area contributed by atoms with Crippen molar-refractivity contribution < 1.29 is 9.50 Å². The summed E-state index contributed by atoms with van der Waals surface area (Å²) in [4.78, 5) is 4.33. The van der Waals surface area contributed by atoms with Crippen molar-refractivity contribution in [3.05, 3.63) is 87.7 Å². The van der Waals surface area contributed by atoms with Crippen molar-refractivity contribution in [3.8, 4) is 5.75 Å². The number of phenolic OH excluding ortho intramolecular Hbond substituents is 1. The van der Waals surface area contributed by atoms with Gasteiger partial charge in [-0.3, -0.25) is 4.98 Å². The van der Waals surface area contributed by atoms with Gasteiger partial charge in [0.2, 0.25) is 0 Å². The number of rotatable bonds is 5. The van der Waals surface area contributed by atoms with Crippen LogP contribution in [-0.2, 0) is 6.54 Å². The van der Waals surface area contributed by atoms with Gasteiger partial charge in [0.15, 0.2) is 0 Å². The van der Waals surface area contributed by atoms with E-state index in [9.17, 15) is 9.50 Å². The quantitative estimate of drug-likeness (QED) is 0.297. The predicted molar refractivity (Wildman–Crippen MR) is 120 cm³/mol. The number of fused-ring (bicyclic) bond motifs is 1. The maximum absolute atomic E-state index is 13.9. The maximum Gasteiger partial charge on any atom is 0.147 e. The number of aromatic hydroxyl groups is 1. The standard InChI is InChI=1S/C22H16BrClFN3O/c23-14-2-6-20(18(25)9-14)27-12-13-1-4-16(11-22(13)29)28-19-7-8-26-21-10-15(24)3-5-17(19)21/h1-11,27,29H,12H2,(H,26,28). The Kier molecular flexibility index (Phi) is 5.56. The predicted octanol–water partition coefficient (Wildman–Crippen LogP) is 6.85. The minimum atomic E-state index is -0.359. The highest BCUT2D eigenvalue weighted by Gasteiger charge is 2.08. The van der Waals surface area contributed by atoms with E-state index in [2.05, 4.69) is 31.5 Å². The lowest BCUT2D eigenvalue weighted by molar-refractivity contribution is 0.469. The second-order valence-corrected chi connectivity index (χ2v) is 7.82. The largest absolute Gasteiger partial charge is 0.508 e. The average Bonchev–Trinajstić information content (AvgIpc) is 2.68. The van der Waals surface area contributed by atoms with Gasteiger partial charge in [-0.05, 0) is 48.5 Å². The molecule has 29 heavy (non-hydrogen) atoms. The molecule has 0 amide bonds. The number of nitrogens with zero attached hydrogens (tertiary/aromatic N) is 1. The molecule has 3 N–H and O–H groups in total. The summed E-state index contributed by atoms with van der Waals surface area (Å²) >= 11 is 9.27. The maximum atomic E-state index is 13.9. The lowest BCUT2D eigenvalue weighted by atomic mass is 10.1. The third-order valence-electron chi connectivity index (χ3n) is 4.47. The van der Waals surface area contributed by atoms with Gasteiger partial charge in [-0.25, -0.2) is 4.39 Å². The van der Waals surface area contributed by atoms with Gasteiger partial charge in [0.05, 0.1) is 11.2 Å². The first-order chi connectivity index (χ1) is 14.0. The van der Waals surface area contributed by atoms with Crippen LogP contribution in [0.1, 0.15) is 5.56 Å². The molecule has 0 unspecified atom stereocenters. The molecule has 0 aliphatic carbocycles. The topological polar surface area (TPSA) is 57.2 Å². The molecule has 146 valence electrons. The van der Waals surface area contributed by atoms with Crippen molar-refractivity contribution in [3.63, 3.8) is 0 Å². The van der Waals surface area contributed by atoms with E-state index in [1.165, 1.54) is 6.07 Å². The van der Waals surface area contributed by atoms with Gasteiger partial charge in [0.25, 0.3) is 0 Å². The van der Waals surface area contributed by atoms with Crippen molar-refractivity contribution in [2.24, 2.45) is 0 Å². The van der Waals surface area contributed by atoms with Crippen molar-refractivity contribution in [1.29, 1.82) is 0 Å². The summed E-state index contributed by atoms with van der Waals surface area (Å²) in [7, 11) is 0. The number of benzene rings is 3. The van der Waals surface area contributed by atoms with E-state index in [1.807, 2.05) is 24.3 Å². The fourth-order valence-corrected chi connectivity index (χ4v) is 3.50. The Hall–Kier alpha value is -2.83. The monoisotopic (exact) mass is 471 g/mol. The zero-order valence-corrected chi connectivity index (χ0v) is 17.4. The van der Waals surface area contributed by atoms with Crippen LogP contribution in [0.25, 0.3) is 10.9 Å². The van der Waals surface area contributed by atoms with Gasteiger partial charge < -0.3 is 15.7 Å². The smallest absolute Gasteiger partial charge is 0.147 e. The van der Waals surface area contributed by atoms with Gasteiger partial charge in [0, 0.05) is 50.6 Å². The Balaban J connectivity index is 1.52. The molecule has 1 aromatic heterocycles. The zero-order chi connectivity index (χ0) is 20.4. The molecule has 0 spiro atoms. The highest BCUT2D eigenvalue weighted by atomic mass is 79.9. The molecule has 0 saturated carbocycles. The fourth-order valence-electron chi connectivity index (χ4n) is 3.00. The van der Waals surface area contributed by atoms with E-state index >= 15 is 0 Å². The van der Waals surface area contributed by atoms with Crippen molar-refractivity contribution in [2.75, 3.05) is 10.6 Å². The molecule has 1 heterocycles. The molecule has 0 aliphatic rings. The van der Waals surface area contributed by atoms with Crippen LogP contribution in [0.3, 0.4) is 0 Å². The second kappa shape index (κ2) is 8.27. The Morgan fingerprint density at radius 2 is 1.86 bits per heavy atom. The highest BCUT2D eigenvalue weighted by Crippen LogP contribution is 2.30. The number of anilines is 3. The molecule has 0 fully saturated rings. The molecule has 0 atom stereocenters. The highest BCUT2D eigenvalue weighted by molar-refractivity contribution is 9.10. The van der Waals surface area contributed by atoms with Crippen LogP contribution in [-0.4, -0.2) is 10.1 Å². The Morgan fingerprint density at radius 1 is 1.00 bits per heavy atom. The molecule has 3 aromatic carbocycles. The summed E-state index contributed by atoms with van der Waals surface area (Å²) in [5.41, 5.74) is 3.39. The number of hydrogen-bond donors (Lipinski definition) is 3.